The minimum absolute atomic E-state index is 1.16. The van der Waals surface area contributed by atoms with Gasteiger partial charge in [-0.2, -0.15) is 8.42 Å². The Labute approximate surface area is 203 Å². The van der Waals surface area contributed by atoms with Crippen LogP contribution in [-0.2, 0) is 26.1 Å². The first-order valence-corrected chi connectivity index (χ1v) is 13.5. The molecule has 31 heavy (non-hydrogen) atoms. The van der Waals surface area contributed by atoms with Gasteiger partial charge in [-0.1, -0.05) is 13.3 Å². The summed E-state index contributed by atoms with van der Waals surface area (Å²) in [5.41, 5.74) is 1.61. The van der Waals surface area contributed by atoms with Crippen LogP contribution in [0, 0.1) is 0 Å². The molecular weight excluding hydrogens is 431 g/mol. The summed E-state index contributed by atoms with van der Waals surface area (Å²) in [6.45, 7) is 2.29. The van der Waals surface area contributed by atoms with Crippen molar-refractivity contribution in [2.24, 2.45) is 0 Å². The molecule has 1 aromatic carbocycles. The first-order chi connectivity index (χ1) is 14.6. The van der Waals surface area contributed by atoms with Gasteiger partial charge in [0.15, 0.2) is 5.25 Å². The minimum atomic E-state index is -4.84. The second kappa shape index (κ2) is 17.6. The summed E-state index contributed by atoms with van der Waals surface area (Å²) in [4.78, 5) is 20.0. The Morgan fingerprint density at radius 2 is 1.39 bits per heavy atom. The van der Waals surface area contributed by atoms with Crippen molar-refractivity contribution in [1.82, 2.24) is 0 Å². The van der Waals surface area contributed by atoms with Crippen molar-refractivity contribution in [1.29, 1.82) is 0 Å². The van der Waals surface area contributed by atoms with E-state index in [-0.39, 0.29) is 0 Å². The first-order valence-electron chi connectivity index (χ1n) is 11.0. The molecule has 0 aliphatic rings. The molecule has 0 fully saturated rings. The number of unbranched alkanes of at least 4 members (excludes halogenated alkanes) is 9. The maximum absolute atomic E-state index is 10.2. The summed E-state index contributed by atoms with van der Waals surface area (Å²) in [5.74, 6) is -3.50. The molecule has 0 bridgehead atoms. The number of hydrogen-bond donors (Lipinski definition) is 3. The third kappa shape index (κ3) is 16.4. The molecule has 7 nitrogen and oxygen atoms in total. The van der Waals surface area contributed by atoms with E-state index in [1.165, 1.54) is 98.6 Å². The number of aliphatic carboxylic acids is 2. The summed E-state index contributed by atoms with van der Waals surface area (Å²) in [7, 11) is -4.84. The number of carboxylic acids is 2. The van der Waals surface area contributed by atoms with Gasteiger partial charge in [0, 0.05) is 0 Å². The monoisotopic (exact) mass is 466 g/mol. The molecule has 9 heteroatoms. The van der Waals surface area contributed by atoms with Crippen LogP contribution >= 0.6 is 0 Å². The Bertz CT molecular complexity index is 750. The topological polar surface area (TPSA) is 129 Å². The van der Waals surface area contributed by atoms with Crippen molar-refractivity contribution in [3.8, 4) is 0 Å². The van der Waals surface area contributed by atoms with E-state index in [1.54, 1.807) is 8.38 Å². The molecular formula is C22H35NaO7S. The van der Waals surface area contributed by atoms with E-state index >= 15 is 0 Å². The van der Waals surface area contributed by atoms with Gasteiger partial charge in [0.1, 0.15) is 0 Å². The summed E-state index contributed by atoms with van der Waals surface area (Å²) >= 11 is 1.20. The van der Waals surface area contributed by atoms with Crippen LogP contribution in [0.25, 0.3) is 0 Å². The van der Waals surface area contributed by atoms with Gasteiger partial charge in [0.25, 0.3) is 10.1 Å². The van der Waals surface area contributed by atoms with E-state index in [4.69, 9.17) is 14.8 Å². The number of aryl methyl sites for hydroxylation is 1. The zero-order valence-corrected chi connectivity index (χ0v) is 21.6. The van der Waals surface area contributed by atoms with Gasteiger partial charge >= 0.3 is 137 Å². The molecule has 1 rings (SSSR count). The van der Waals surface area contributed by atoms with Gasteiger partial charge < -0.3 is 10.2 Å². The van der Waals surface area contributed by atoms with Crippen molar-refractivity contribution in [3.63, 3.8) is 0 Å². The molecule has 0 aliphatic carbocycles. The second-order valence-electron chi connectivity index (χ2n) is 7.80. The van der Waals surface area contributed by atoms with E-state index in [0.29, 0.717) is 0 Å². The quantitative estimate of drug-likeness (QED) is 0.204. The fourth-order valence-electron chi connectivity index (χ4n) is 3.17. The van der Waals surface area contributed by atoms with E-state index < -0.39 is 33.7 Å². The predicted molar refractivity (Wildman–Crippen MR) is 123 cm³/mol. The third-order valence-electron chi connectivity index (χ3n) is 5.06. The standard InChI is InChI=1S/C18H29.C4H6O7S.Na/c1-2-3-4-5-6-7-8-9-10-12-15-18-16-13-11-14-17-18;5-3(6)1-2(4(7)8)12(9,10)11;/h11,13-14,16H,2-10,12,15H2,1H3;2H,1H2,(H,5,6)(H,7,8)(H,9,10,11);. The Balaban J connectivity index is 0.000000649. The van der Waals surface area contributed by atoms with Gasteiger partial charge in [-0.05, 0) is 0 Å². The van der Waals surface area contributed by atoms with Crippen molar-refractivity contribution in [2.45, 2.75) is 89.2 Å². The van der Waals surface area contributed by atoms with Gasteiger partial charge in [-0.15, -0.1) is 0 Å². The molecule has 1 unspecified atom stereocenters. The van der Waals surface area contributed by atoms with Gasteiger partial charge in [0.2, 0.25) is 0 Å². The van der Waals surface area contributed by atoms with Gasteiger partial charge in [-0.25, -0.2) is 0 Å². The maximum atomic E-state index is 10.2. The zero-order chi connectivity index (χ0) is 23.7. The molecule has 1 atom stereocenters. The van der Waals surface area contributed by atoms with Crippen LogP contribution in [0.4, 0.5) is 0 Å². The molecule has 3 N–H and O–H groups in total. The number of benzene rings is 1. The van der Waals surface area contributed by atoms with Crippen LogP contribution < -0.4 is 2.81 Å². The Morgan fingerprint density at radius 3 is 1.77 bits per heavy atom. The van der Waals surface area contributed by atoms with Crippen molar-refractivity contribution >= 4 is 52.8 Å². The molecule has 0 amide bonds. The largest absolute Gasteiger partial charge is 0.481 e. The summed E-state index contributed by atoms with van der Waals surface area (Å²) < 4.78 is 30.3. The number of rotatable bonds is 15. The normalized spacial score (nSPS) is 12.0. The molecule has 0 saturated heterocycles. The van der Waals surface area contributed by atoms with Gasteiger partial charge in [0.05, 0.1) is 6.42 Å². The molecule has 1 aromatic rings. The minimum Gasteiger partial charge on any atom is -0.481 e. The van der Waals surface area contributed by atoms with Crippen molar-refractivity contribution < 1.29 is 32.8 Å². The fraction of sp³-hybridized carbons (Fsp3) is 0.636. The number of carboxylic acid groups (broad SMARTS) is 2. The molecule has 0 spiro atoms. The number of hydrogen-bond acceptors (Lipinski definition) is 4. The molecule has 0 radical (unpaired) electrons. The average Bonchev–Trinajstić information content (AvgIpc) is 2.68. The SMILES string of the molecule is CCCCCCCCCCCCc1cccc[c]1[Na].O=C(O)CC(C(=O)O)S(=O)(=O)O. The van der Waals surface area contributed by atoms with Crippen LogP contribution in [0.15, 0.2) is 24.3 Å². The number of carbonyl (C=O) groups is 2. The van der Waals surface area contributed by atoms with E-state index in [9.17, 15) is 18.0 Å². The smallest absolute Gasteiger partial charge is 0.325 e. The van der Waals surface area contributed by atoms with Crippen molar-refractivity contribution in [2.75, 3.05) is 0 Å². The van der Waals surface area contributed by atoms with Crippen LogP contribution in [0.2, 0.25) is 0 Å². The summed E-state index contributed by atoms with van der Waals surface area (Å²) in [6, 6.07) is 8.96. The Kier molecular flexibility index (Phi) is 17.1. The molecule has 0 heterocycles. The first kappa shape index (κ1) is 30.1. The average molecular weight is 467 g/mol. The fourth-order valence-corrected chi connectivity index (χ4v) is 4.39. The predicted octanol–water partition coefficient (Wildman–Crippen LogP) is 3.75. The molecule has 0 aromatic heterocycles. The van der Waals surface area contributed by atoms with Crippen molar-refractivity contribution in [3.05, 3.63) is 29.8 Å². The Morgan fingerprint density at radius 1 is 0.903 bits per heavy atom. The maximum Gasteiger partial charge on any atom is 0.325 e. The van der Waals surface area contributed by atoms with Crippen LogP contribution in [0.3, 0.4) is 0 Å². The molecule has 0 saturated carbocycles. The molecule has 0 aliphatic heterocycles. The van der Waals surface area contributed by atoms with Crippen LogP contribution in [0.5, 0.6) is 0 Å². The van der Waals surface area contributed by atoms with E-state index in [0.717, 1.165) is 0 Å². The zero-order valence-electron chi connectivity index (χ0n) is 18.8. The summed E-state index contributed by atoms with van der Waals surface area (Å²) in [5, 5.41) is 13.9. The van der Waals surface area contributed by atoms with Crippen LogP contribution in [0.1, 0.15) is 83.1 Å². The summed E-state index contributed by atoms with van der Waals surface area (Å²) in [6.07, 6.45) is 14.5. The van der Waals surface area contributed by atoms with E-state index in [2.05, 4.69) is 31.2 Å². The van der Waals surface area contributed by atoms with Gasteiger partial charge in [-0.3, -0.25) is 14.1 Å². The second-order valence-corrected chi connectivity index (χ2v) is 10.5. The Hall–Kier alpha value is -0.930. The third-order valence-corrected chi connectivity index (χ3v) is 7.12. The van der Waals surface area contributed by atoms with E-state index in [1.807, 2.05) is 0 Å². The molecule has 172 valence electrons. The van der Waals surface area contributed by atoms with Crippen LogP contribution in [-0.4, -0.2) is 68.3 Å².